The molecule has 0 aliphatic rings. The van der Waals surface area contributed by atoms with Gasteiger partial charge >= 0.3 is 0 Å². The highest BCUT2D eigenvalue weighted by Gasteiger charge is 2.29. The van der Waals surface area contributed by atoms with E-state index < -0.39 is 0 Å². The number of hydrogen-bond donors (Lipinski definition) is 0. The molecule has 0 saturated heterocycles. The van der Waals surface area contributed by atoms with Gasteiger partial charge in [0.15, 0.2) is 0 Å². The Hall–Kier alpha value is 0. The molecule has 3 atom stereocenters. The molecule has 0 fully saturated rings. The molecule has 1 radical (unpaired) electrons. The second-order valence-corrected chi connectivity index (χ2v) is 5.86. The highest BCUT2D eigenvalue weighted by molar-refractivity contribution is 4.91. The van der Waals surface area contributed by atoms with Crippen LogP contribution in [0.4, 0.5) is 0 Å². The first kappa shape index (κ1) is 14.0. The molecule has 3 unspecified atom stereocenters. The van der Waals surface area contributed by atoms with Gasteiger partial charge in [0.05, 0.1) is 0 Å². The molecule has 0 spiro atoms. The molecule has 0 N–H and O–H groups in total. The lowest BCUT2D eigenvalue weighted by Crippen LogP contribution is -2.28. The average Bonchev–Trinajstić information content (AvgIpc) is 2.10. The Bertz CT molecular complexity index is 141. The minimum Gasteiger partial charge on any atom is -0.0651 e. The molecule has 0 heteroatoms. The molecule has 14 heavy (non-hydrogen) atoms. The Balaban J connectivity index is 4.41. The maximum Gasteiger partial charge on any atom is -0.0306 e. The van der Waals surface area contributed by atoms with Gasteiger partial charge in [-0.25, -0.2) is 0 Å². The van der Waals surface area contributed by atoms with Gasteiger partial charge in [-0.15, -0.1) is 0 Å². The van der Waals surface area contributed by atoms with Crippen molar-refractivity contribution in [1.82, 2.24) is 0 Å². The second kappa shape index (κ2) is 5.78. The van der Waals surface area contributed by atoms with Gasteiger partial charge in [0.1, 0.15) is 0 Å². The van der Waals surface area contributed by atoms with Crippen LogP contribution in [0, 0.1) is 29.6 Å². The topological polar surface area (TPSA) is 0 Å². The molecule has 0 heterocycles. The van der Waals surface area contributed by atoms with E-state index in [-0.39, 0.29) is 0 Å². The van der Waals surface area contributed by atoms with Crippen LogP contribution in [0.2, 0.25) is 0 Å². The summed E-state index contributed by atoms with van der Waals surface area (Å²) < 4.78 is 0. The zero-order chi connectivity index (χ0) is 11.4. The van der Waals surface area contributed by atoms with Crippen LogP contribution in [-0.4, -0.2) is 0 Å². The normalized spacial score (nSPS) is 19.1. The first-order chi connectivity index (χ1) is 6.32. The van der Waals surface area contributed by atoms with E-state index in [4.69, 9.17) is 0 Å². The van der Waals surface area contributed by atoms with Crippen molar-refractivity contribution in [2.75, 3.05) is 0 Å². The Morgan fingerprint density at radius 2 is 1.50 bits per heavy atom. The first-order valence-electron chi connectivity index (χ1n) is 6.17. The first-order valence-corrected chi connectivity index (χ1v) is 6.17. The highest BCUT2D eigenvalue weighted by atomic mass is 14.3. The van der Waals surface area contributed by atoms with Crippen molar-refractivity contribution in [3.63, 3.8) is 0 Å². The third-order valence-electron chi connectivity index (χ3n) is 3.44. The van der Waals surface area contributed by atoms with Crippen LogP contribution in [-0.2, 0) is 0 Å². The van der Waals surface area contributed by atoms with E-state index in [1.54, 1.807) is 0 Å². The van der Waals surface area contributed by atoms with Crippen LogP contribution in [0.3, 0.4) is 0 Å². The quantitative estimate of drug-likeness (QED) is 0.585. The predicted octanol–water partition coefficient (Wildman–Crippen LogP) is 4.95. The van der Waals surface area contributed by atoms with E-state index in [1.165, 1.54) is 12.8 Å². The molecular weight excluding hydrogens is 168 g/mol. The van der Waals surface area contributed by atoms with Gasteiger partial charge in [-0.3, -0.25) is 0 Å². The lowest BCUT2D eigenvalue weighted by molar-refractivity contribution is 0.182. The number of rotatable bonds is 5. The van der Waals surface area contributed by atoms with Gasteiger partial charge in [-0.1, -0.05) is 61.3 Å². The zero-order valence-corrected chi connectivity index (χ0v) is 11.2. The average molecular weight is 197 g/mol. The van der Waals surface area contributed by atoms with E-state index in [0.29, 0.717) is 5.41 Å². The molecule has 85 valence electrons. The zero-order valence-electron chi connectivity index (χ0n) is 11.2. The molecule has 0 aliphatic carbocycles. The van der Waals surface area contributed by atoms with Crippen molar-refractivity contribution in [1.29, 1.82) is 0 Å². The summed E-state index contributed by atoms with van der Waals surface area (Å²) in [7, 11) is 0. The molecule has 0 nitrogen and oxygen atoms in total. The summed E-state index contributed by atoms with van der Waals surface area (Å²) in [5.74, 6) is 2.32. The lowest BCUT2D eigenvalue weighted by atomic mass is 9.69. The summed E-state index contributed by atoms with van der Waals surface area (Å²) in [6.07, 6.45) is 5.13. The predicted molar refractivity (Wildman–Crippen MR) is 66.2 cm³/mol. The molecular formula is C14H29. The highest BCUT2D eigenvalue weighted by Crippen LogP contribution is 2.37. The Labute approximate surface area is 91.5 Å². The third kappa shape index (κ3) is 4.48. The van der Waals surface area contributed by atoms with Gasteiger partial charge in [0, 0.05) is 0 Å². The summed E-state index contributed by atoms with van der Waals surface area (Å²) in [4.78, 5) is 0. The van der Waals surface area contributed by atoms with E-state index in [0.717, 1.165) is 17.8 Å². The molecule has 0 bridgehead atoms. The summed E-state index contributed by atoms with van der Waals surface area (Å²) in [6, 6.07) is 0. The van der Waals surface area contributed by atoms with Gasteiger partial charge in [-0.2, -0.15) is 0 Å². The van der Waals surface area contributed by atoms with Crippen LogP contribution in [0.15, 0.2) is 0 Å². The van der Waals surface area contributed by atoms with Crippen LogP contribution >= 0.6 is 0 Å². The lowest BCUT2D eigenvalue weighted by Gasteiger charge is -2.36. The molecule has 0 aromatic heterocycles. The Morgan fingerprint density at radius 3 is 1.79 bits per heavy atom. The fourth-order valence-corrected chi connectivity index (χ4v) is 2.08. The van der Waals surface area contributed by atoms with Crippen molar-refractivity contribution in [2.24, 2.45) is 23.2 Å². The van der Waals surface area contributed by atoms with Crippen LogP contribution in [0.25, 0.3) is 0 Å². The third-order valence-corrected chi connectivity index (χ3v) is 3.44. The van der Waals surface area contributed by atoms with Crippen molar-refractivity contribution in [3.8, 4) is 0 Å². The van der Waals surface area contributed by atoms with Crippen molar-refractivity contribution < 1.29 is 0 Å². The smallest absolute Gasteiger partial charge is 0.0306 e. The van der Waals surface area contributed by atoms with Gasteiger partial charge in [-0.05, 0) is 29.6 Å². The van der Waals surface area contributed by atoms with Crippen LogP contribution in [0.1, 0.15) is 61.3 Å². The van der Waals surface area contributed by atoms with Crippen molar-refractivity contribution >= 4 is 0 Å². The van der Waals surface area contributed by atoms with E-state index in [9.17, 15) is 0 Å². The summed E-state index contributed by atoms with van der Waals surface area (Å²) >= 11 is 0. The standard InChI is InChI=1S/C14H29/c1-8-11(3)10-13(12(4)9-2)14(5,6)7/h10-13H,8-9H2,1-7H3. The number of hydrogen-bond acceptors (Lipinski definition) is 0. The largest absolute Gasteiger partial charge is 0.0651 e. The fraction of sp³-hybridized carbons (Fsp3) is 0.929. The van der Waals surface area contributed by atoms with Crippen molar-refractivity contribution in [2.45, 2.75) is 61.3 Å². The minimum absolute atomic E-state index is 0.416. The molecule has 0 aromatic carbocycles. The SMILES string of the molecule is CCC(C)[CH]C(C(C)CC)C(C)(C)C. The van der Waals surface area contributed by atoms with Crippen molar-refractivity contribution in [3.05, 3.63) is 6.42 Å². The van der Waals surface area contributed by atoms with Gasteiger partial charge < -0.3 is 0 Å². The van der Waals surface area contributed by atoms with Crippen LogP contribution in [0.5, 0.6) is 0 Å². The fourth-order valence-electron chi connectivity index (χ4n) is 2.08. The van der Waals surface area contributed by atoms with E-state index in [1.807, 2.05) is 0 Å². The van der Waals surface area contributed by atoms with E-state index >= 15 is 0 Å². The van der Waals surface area contributed by atoms with Gasteiger partial charge in [0.25, 0.3) is 0 Å². The Kier molecular flexibility index (Phi) is 5.78. The summed E-state index contributed by atoms with van der Waals surface area (Å²) in [6.45, 7) is 16.4. The summed E-state index contributed by atoms with van der Waals surface area (Å²) in [5, 5.41) is 0. The van der Waals surface area contributed by atoms with Gasteiger partial charge in [0.2, 0.25) is 0 Å². The minimum atomic E-state index is 0.416. The Morgan fingerprint density at radius 1 is 1.00 bits per heavy atom. The molecule has 0 amide bonds. The molecule has 0 rings (SSSR count). The second-order valence-electron chi connectivity index (χ2n) is 5.86. The maximum atomic E-state index is 2.58. The maximum absolute atomic E-state index is 2.58. The van der Waals surface area contributed by atoms with Crippen LogP contribution < -0.4 is 0 Å². The monoisotopic (exact) mass is 197 g/mol. The molecule has 0 aliphatic heterocycles. The van der Waals surface area contributed by atoms with E-state index in [2.05, 4.69) is 54.9 Å². The molecule has 0 saturated carbocycles. The molecule has 0 aromatic rings. The summed E-state index contributed by atoms with van der Waals surface area (Å²) in [5.41, 5.74) is 0.416.